The van der Waals surface area contributed by atoms with Crippen LogP contribution < -0.4 is 5.32 Å². The molecule has 3 heteroatoms. The van der Waals surface area contributed by atoms with Gasteiger partial charge in [-0.2, -0.15) is 0 Å². The molecular weight excluding hydrogens is 169 g/mol. The molecule has 0 spiro atoms. The summed E-state index contributed by atoms with van der Waals surface area (Å²) < 4.78 is 13.2. The van der Waals surface area contributed by atoms with Crippen molar-refractivity contribution in [3.05, 3.63) is 29.6 Å². The van der Waals surface area contributed by atoms with E-state index in [4.69, 9.17) is 0 Å². The molecule has 0 saturated heterocycles. The molecule has 0 bridgehead atoms. The van der Waals surface area contributed by atoms with Crippen LogP contribution in [0.3, 0.4) is 0 Å². The molecule has 1 heterocycles. The van der Waals surface area contributed by atoms with Gasteiger partial charge in [0.05, 0.1) is 11.1 Å². The molecule has 1 amide bonds. The summed E-state index contributed by atoms with van der Waals surface area (Å²) >= 11 is 0. The fourth-order valence-electron chi connectivity index (χ4n) is 1.56. The summed E-state index contributed by atoms with van der Waals surface area (Å²) in [5.74, 6) is -0.510. The topological polar surface area (TPSA) is 29.1 Å². The molecule has 2 nitrogen and oxygen atoms in total. The zero-order valence-corrected chi connectivity index (χ0v) is 7.52. The van der Waals surface area contributed by atoms with E-state index in [9.17, 15) is 9.18 Å². The third-order valence-electron chi connectivity index (χ3n) is 2.49. The number of para-hydroxylation sites is 1. The molecule has 1 aliphatic rings. The Kier molecular flexibility index (Phi) is 1.46. The maximum Gasteiger partial charge on any atom is 0.234 e. The number of nitrogens with one attached hydrogen (secondary N) is 1. The number of benzene rings is 1. The smallest absolute Gasteiger partial charge is 0.234 e. The predicted octanol–water partition coefficient (Wildman–Crippen LogP) is 2.06. The number of halogens is 1. The SMILES string of the molecule is CC1(C)C(=O)Nc2c(F)cccc21. The Morgan fingerprint density at radius 1 is 1.38 bits per heavy atom. The van der Waals surface area contributed by atoms with Gasteiger partial charge in [-0.1, -0.05) is 12.1 Å². The molecule has 0 radical (unpaired) electrons. The largest absolute Gasteiger partial charge is 0.323 e. The van der Waals surface area contributed by atoms with Gasteiger partial charge in [0.1, 0.15) is 5.82 Å². The van der Waals surface area contributed by atoms with Gasteiger partial charge in [-0.15, -0.1) is 0 Å². The first-order chi connectivity index (χ1) is 6.03. The van der Waals surface area contributed by atoms with Gasteiger partial charge in [-0.05, 0) is 25.5 Å². The van der Waals surface area contributed by atoms with Gasteiger partial charge in [0.25, 0.3) is 0 Å². The highest BCUT2D eigenvalue weighted by Crippen LogP contribution is 2.38. The minimum absolute atomic E-state index is 0.146. The van der Waals surface area contributed by atoms with Gasteiger partial charge in [0, 0.05) is 0 Å². The van der Waals surface area contributed by atoms with Crippen LogP contribution in [-0.4, -0.2) is 5.91 Å². The highest BCUT2D eigenvalue weighted by molar-refractivity contribution is 6.05. The molecule has 1 aromatic rings. The average Bonchev–Trinajstić information content (AvgIpc) is 2.28. The predicted molar refractivity (Wildman–Crippen MR) is 48.1 cm³/mol. The number of hydrogen-bond acceptors (Lipinski definition) is 1. The van der Waals surface area contributed by atoms with Gasteiger partial charge in [0.15, 0.2) is 0 Å². The number of carbonyl (C=O) groups is 1. The van der Waals surface area contributed by atoms with E-state index in [1.165, 1.54) is 6.07 Å². The van der Waals surface area contributed by atoms with Gasteiger partial charge in [-0.3, -0.25) is 4.79 Å². The summed E-state index contributed by atoms with van der Waals surface area (Å²) in [6.45, 7) is 3.57. The third kappa shape index (κ3) is 0.963. The van der Waals surface area contributed by atoms with Crippen molar-refractivity contribution in [3.8, 4) is 0 Å². The maximum atomic E-state index is 13.2. The van der Waals surface area contributed by atoms with Gasteiger partial charge in [-0.25, -0.2) is 4.39 Å². The van der Waals surface area contributed by atoms with Crippen LogP contribution in [0.15, 0.2) is 18.2 Å². The highest BCUT2D eigenvalue weighted by atomic mass is 19.1. The monoisotopic (exact) mass is 179 g/mol. The third-order valence-corrected chi connectivity index (χ3v) is 2.49. The van der Waals surface area contributed by atoms with Gasteiger partial charge >= 0.3 is 0 Å². The summed E-state index contributed by atoms with van der Waals surface area (Å²) in [5.41, 5.74) is 0.451. The first kappa shape index (κ1) is 8.23. The molecular formula is C10H10FNO. The lowest BCUT2D eigenvalue weighted by Crippen LogP contribution is -2.26. The zero-order valence-electron chi connectivity index (χ0n) is 7.52. The second kappa shape index (κ2) is 2.31. The van der Waals surface area contributed by atoms with E-state index in [1.807, 2.05) is 0 Å². The molecule has 0 aromatic heterocycles. The van der Waals surface area contributed by atoms with E-state index in [1.54, 1.807) is 26.0 Å². The second-order valence-electron chi connectivity index (χ2n) is 3.74. The van der Waals surface area contributed by atoms with Crippen LogP contribution >= 0.6 is 0 Å². The van der Waals surface area contributed by atoms with Crippen LogP contribution in [-0.2, 0) is 10.2 Å². The summed E-state index contributed by atoms with van der Waals surface area (Å²) in [5, 5.41) is 2.54. The van der Waals surface area contributed by atoms with Crippen LogP contribution in [0.4, 0.5) is 10.1 Å². The fraction of sp³-hybridized carbons (Fsp3) is 0.300. The molecule has 1 aliphatic heterocycles. The Morgan fingerprint density at radius 3 is 2.69 bits per heavy atom. The Hall–Kier alpha value is -1.38. The molecule has 1 N–H and O–H groups in total. The van der Waals surface area contributed by atoms with Crippen molar-refractivity contribution in [1.29, 1.82) is 0 Å². The minimum Gasteiger partial charge on any atom is -0.323 e. The van der Waals surface area contributed by atoms with Crippen LogP contribution in [0.1, 0.15) is 19.4 Å². The second-order valence-corrected chi connectivity index (χ2v) is 3.74. The van der Waals surface area contributed by atoms with E-state index in [-0.39, 0.29) is 11.7 Å². The van der Waals surface area contributed by atoms with Gasteiger partial charge < -0.3 is 5.32 Å². The van der Waals surface area contributed by atoms with Crippen LogP contribution in [0.5, 0.6) is 0 Å². The van der Waals surface area contributed by atoms with Crippen molar-refractivity contribution in [2.24, 2.45) is 0 Å². The summed E-state index contributed by atoms with van der Waals surface area (Å²) in [6.07, 6.45) is 0. The molecule has 0 atom stereocenters. The van der Waals surface area contributed by atoms with Crippen molar-refractivity contribution in [2.75, 3.05) is 5.32 Å². The zero-order chi connectivity index (χ0) is 9.64. The number of hydrogen-bond donors (Lipinski definition) is 1. The number of rotatable bonds is 0. The van der Waals surface area contributed by atoms with E-state index >= 15 is 0 Å². The Balaban J connectivity index is 2.68. The first-order valence-corrected chi connectivity index (χ1v) is 4.14. The lowest BCUT2D eigenvalue weighted by Gasteiger charge is -2.14. The van der Waals surface area contributed by atoms with E-state index in [0.717, 1.165) is 5.56 Å². The molecule has 68 valence electrons. The van der Waals surface area contributed by atoms with Crippen molar-refractivity contribution >= 4 is 11.6 Å². The van der Waals surface area contributed by atoms with Crippen molar-refractivity contribution in [2.45, 2.75) is 19.3 Å². The average molecular weight is 179 g/mol. The lowest BCUT2D eigenvalue weighted by atomic mass is 9.86. The highest BCUT2D eigenvalue weighted by Gasteiger charge is 2.39. The number of anilines is 1. The van der Waals surface area contributed by atoms with Gasteiger partial charge in [0.2, 0.25) is 5.91 Å². The quantitative estimate of drug-likeness (QED) is 0.648. The van der Waals surface area contributed by atoms with E-state index < -0.39 is 5.41 Å². The number of carbonyl (C=O) groups excluding carboxylic acids is 1. The standard InChI is InChI=1S/C10H10FNO/c1-10(2)6-4-3-5-7(11)8(6)12-9(10)13/h3-5H,1-2H3,(H,12,13). The first-order valence-electron chi connectivity index (χ1n) is 4.14. The molecule has 0 unspecified atom stereocenters. The van der Waals surface area contributed by atoms with E-state index in [0.29, 0.717) is 5.69 Å². The number of fused-ring (bicyclic) bond motifs is 1. The van der Waals surface area contributed by atoms with E-state index in [2.05, 4.69) is 5.32 Å². The van der Waals surface area contributed by atoms with Crippen molar-refractivity contribution in [3.63, 3.8) is 0 Å². The molecule has 0 aliphatic carbocycles. The molecule has 0 saturated carbocycles. The lowest BCUT2D eigenvalue weighted by molar-refractivity contribution is -0.119. The molecule has 1 aromatic carbocycles. The normalized spacial score (nSPS) is 18.2. The Labute approximate surface area is 75.8 Å². The molecule has 13 heavy (non-hydrogen) atoms. The molecule has 2 rings (SSSR count). The number of amides is 1. The van der Waals surface area contributed by atoms with Crippen molar-refractivity contribution < 1.29 is 9.18 Å². The Morgan fingerprint density at radius 2 is 2.08 bits per heavy atom. The van der Waals surface area contributed by atoms with Crippen molar-refractivity contribution in [1.82, 2.24) is 0 Å². The molecule has 0 fully saturated rings. The minimum atomic E-state index is -0.614. The van der Waals surface area contributed by atoms with Crippen LogP contribution in [0, 0.1) is 5.82 Å². The fourth-order valence-corrected chi connectivity index (χ4v) is 1.56. The van der Waals surface area contributed by atoms with Crippen LogP contribution in [0.2, 0.25) is 0 Å². The maximum absolute atomic E-state index is 13.2. The summed E-state index contributed by atoms with van der Waals surface area (Å²) in [4.78, 5) is 11.4. The summed E-state index contributed by atoms with van der Waals surface area (Å²) in [6, 6.07) is 4.74. The van der Waals surface area contributed by atoms with Crippen LogP contribution in [0.25, 0.3) is 0 Å². The summed E-state index contributed by atoms with van der Waals surface area (Å²) in [7, 11) is 0. The Bertz CT molecular complexity index is 385.